The van der Waals surface area contributed by atoms with E-state index in [0.29, 0.717) is 12.5 Å². The zero-order valence-corrected chi connectivity index (χ0v) is 11.1. The van der Waals surface area contributed by atoms with Crippen LogP contribution in [0.15, 0.2) is 30.5 Å². The van der Waals surface area contributed by atoms with Gasteiger partial charge in [-0.2, -0.15) is 0 Å². The van der Waals surface area contributed by atoms with Gasteiger partial charge < -0.3 is 9.47 Å². The van der Waals surface area contributed by atoms with Crippen LogP contribution in [0.3, 0.4) is 0 Å². The molecule has 1 aromatic carbocycles. The average Bonchev–Trinajstić information content (AvgIpc) is 2.38. The second-order valence-electron chi connectivity index (χ2n) is 4.37. The molecule has 1 atom stereocenters. The summed E-state index contributed by atoms with van der Waals surface area (Å²) in [6.07, 6.45) is 1.80. The number of hydrogen-bond donors (Lipinski definition) is 0. The molecule has 1 unspecified atom stereocenters. The van der Waals surface area contributed by atoms with Gasteiger partial charge in [0.05, 0.1) is 6.61 Å². The van der Waals surface area contributed by atoms with Crippen LogP contribution in [0.25, 0.3) is 10.8 Å². The summed E-state index contributed by atoms with van der Waals surface area (Å²) in [5.41, 5.74) is 1.32. The smallest absolute Gasteiger partial charge is 0.221 e. The lowest BCUT2D eigenvalue weighted by Crippen LogP contribution is -2.19. The molecule has 0 spiro atoms. The maximum absolute atomic E-state index is 5.83. The van der Waals surface area contributed by atoms with Crippen molar-refractivity contribution in [3.8, 4) is 5.88 Å². The minimum Gasteiger partial charge on any atom is -0.472 e. The van der Waals surface area contributed by atoms with Crippen molar-refractivity contribution < 1.29 is 9.47 Å². The third kappa shape index (κ3) is 2.64. The number of ether oxygens (including phenoxy) is 2. The van der Waals surface area contributed by atoms with Crippen molar-refractivity contribution in [1.29, 1.82) is 0 Å². The first-order valence-corrected chi connectivity index (χ1v) is 6.28. The summed E-state index contributed by atoms with van der Waals surface area (Å²) >= 11 is 0. The summed E-state index contributed by atoms with van der Waals surface area (Å²) in [6.45, 7) is 4.70. The Hall–Kier alpha value is -1.55. The minimum absolute atomic E-state index is 0.00150. The van der Waals surface area contributed by atoms with Gasteiger partial charge in [0, 0.05) is 18.7 Å². The quantitative estimate of drug-likeness (QED) is 0.750. The van der Waals surface area contributed by atoms with Crippen LogP contribution < -0.4 is 10.2 Å². The van der Waals surface area contributed by atoms with Gasteiger partial charge in [-0.3, -0.25) is 0 Å². The molecule has 0 aliphatic carbocycles. The van der Waals surface area contributed by atoms with Gasteiger partial charge >= 0.3 is 0 Å². The summed E-state index contributed by atoms with van der Waals surface area (Å²) in [7, 11) is 2.68. The highest BCUT2D eigenvalue weighted by Gasteiger charge is 2.09. The molecule has 18 heavy (non-hydrogen) atoms. The normalized spacial score (nSPS) is 12.4. The Balaban J connectivity index is 2.39. The highest BCUT2D eigenvalue weighted by atomic mass is 16.5. The zero-order valence-electron chi connectivity index (χ0n) is 11.1. The highest BCUT2D eigenvalue weighted by molar-refractivity contribution is 6.55. The van der Waals surface area contributed by atoms with E-state index in [9.17, 15) is 0 Å². The molecule has 1 aromatic heterocycles. The van der Waals surface area contributed by atoms with E-state index in [1.165, 1.54) is 10.8 Å². The van der Waals surface area contributed by atoms with Crippen LogP contribution in [0.5, 0.6) is 5.88 Å². The van der Waals surface area contributed by atoms with E-state index in [1.807, 2.05) is 13.0 Å². The molecular formula is C14H18BNO2. The second kappa shape index (κ2) is 5.87. The topological polar surface area (TPSA) is 31.4 Å². The summed E-state index contributed by atoms with van der Waals surface area (Å²) in [4.78, 5) is 4.33. The van der Waals surface area contributed by atoms with Crippen molar-refractivity contribution in [3.63, 3.8) is 0 Å². The molecule has 2 rings (SSSR count). The summed E-state index contributed by atoms with van der Waals surface area (Å²) in [6, 6.07) is 8.29. The van der Waals surface area contributed by atoms with E-state index in [4.69, 9.17) is 9.47 Å². The summed E-state index contributed by atoms with van der Waals surface area (Å²) < 4.78 is 10.9. The Morgan fingerprint density at radius 3 is 2.83 bits per heavy atom. The van der Waals surface area contributed by atoms with Crippen LogP contribution in [0, 0.1) is 0 Å². The second-order valence-corrected chi connectivity index (χ2v) is 4.37. The maximum Gasteiger partial charge on any atom is 0.221 e. The largest absolute Gasteiger partial charge is 0.472 e. The summed E-state index contributed by atoms with van der Waals surface area (Å²) in [5, 5.41) is 2.29. The first-order valence-electron chi connectivity index (χ1n) is 6.28. The molecule has 0 bridgehead atoms. The van der Waals surface area contributed by atoms with Gasteiger partial charge in [0.1, 0.15) is 6.10 Å². The molecule has 0 radical (unpaired) electrons. The molecule has 3 nitrogen and oxygen atoms in total. The molecule has 0 N–H and O–H groups in total. The number of benzene rings is 1. The van der Waals surface area contributed by atoms with E-state index in [1.54, 1.807) is 13.3 Å². The molecule has 1 heterocycles. The number of aromatic nitrogens is 1. The lowest BCUT2D eigenvalue weighted by Gasteiger charge is -2.15. The number of nitrogens with zero attached hydrogens (tertiary/aromatic N) is 1. The van der Waals surface area contributed by atoms with Gasteiger partial charge in [0.25, 0.3) is 0 Å². The first kappa shape index (κ1) is 12.9. The van der Waals surface area contributed by atoms with Crippen LogP contribution in [0.2, 0.25) is 6.82 Å². The lowest BCUT2D eigenvalue weighted by atomic mass is 9.71. The van der Waals surface area contributed by atoms with Crippen molar-refractivity contribution >= 4 is 23.5 Å². The summed E-state index contributed by atoms with van der Waals surface area (Å²) in [5.74, 6) is 0.687. The molecule has 0 saturated carbocycles. The van der Waals surface area contributed by atoms with Crippen molar-refractivity contribution in [2.45, 2.75) is 19.9 Å². The fourth-order valence-electron chi connectivity index (χ4n) is 2.11. The molecular weight excluding hydrogens is 225 g/mol. The van der Waals surface area contributed by atoms with Gasteiger partial charge in [-0.1, -0.05) is 24.4 Å². The Bertz CT molecular complexity index is 530. The van der Waals surface area contributed by atoms with Gasteiger partial charge in [0.2, 0.25) is 5.88 Å². The zero-order chi connectivity index (χ0) is 13.0. The monoisotopic (exact) mass is 243 g/mol. The lowest BCUT2D eigenvalue weighted by molar-refractivity contribution is 0.0901. The van der Waals surface area contributed by atoms with Crippen LogP contribution >= 0.6 is 0 Å². The van der Waals surface area contributed by atoms with Crippen LogP contribution in [0.4, 0.5) is 0 Å². The Kier molecular flexibility index (Phi) is 4.21. The van der Waals surface area contributed by atoms with Crippen LogP contribution in [-0.2, 0) is 4.74 Å². The molecule has 0 aliphatic rings. The number of hydrogen-bond acceptors (Lipinski definition) is 3. The van der Waals surface area contributed by atoms with Crippen LogP contribution in [-0.4, -0.2) is 32.1 Å². The minimum atomic E-state index is -0.00150. The van der Waals surface area contributed by atoms with Gasteiger partial charge in [-0.15, -0.1) is 0 Å². The van der Waals surface area contributed by atoms with Gasteiger partial charge in [-0.25, -0.2) is 4.98 Å². The van der Waals surface area contributed by atoms with Gasteiger partial charge in [0.15, 0.2) is 7.28 Å². The molecule has 94 valence electrons. The third-order valence-electron chi connectivity index (χ3n) is 2.95. The number of pyridine rings is 1. The standard InChI is InChI=1S/C14H18BNO2/c1-10(9-17-3)18-14-12-5-4-6-13(15-2)11(12)7-8-16-14/h4-8,10,15H,9H2,1-3H3. The van der Waals surface area contributed by atoms with Crippen molar-refractivity contribution in [3.05, 3.63) is 30.5 Å². The highest BCUT2D eigenvalue weighted by Crippen LogP contribution is 2.22. The average molecular weight is 243 g/mol. The number of fused-ring (bicyclic) bond motifs is 1. The maximum atomic E-state index is 5.83. The Labute approximate surface area is 108 Å². The van der Waals surface area contributed by atoms with E-state index < -0.39 is 0 Å². The number of methoxy groups -OCH3 is 1. The molecule has 2 aromatic rings. The molecule has 4 heteroatoms. The fraction of sp³-hybridized carbons (Fsp3) is 0.357. The Morgan fingerprint density at radius 1 is 1.28 bits per heavy atom. The van der Waals surface area contributed by atoms with Crippen molar-refractivity contribution in [2.75, 3.05) is 13.7 Å². The molecule has 0 aliphatic heterocycles. The van der Waals surface area contributed by atoms with E-state index >= 15 is 0 Å². The van der Waals surface area contributed by atoms with E-state index in [0.717, 1.165) is 12.7 Å². The fourth-order valence-corrected chi connectivity index (χ4v) is 2.11. The molecule has 0 amide bonds. The predicted molar refractivity (Wildman–Crippen MR) is 76.4 cm³/mol. The van der Waals surface area contributed by atoms with Crippen molar-refractivity contribution in [1.82, 2.24) is 4.98 Å². The van der Waals surface area contributed by atoms with E-state index in [-0.39, 0.29) is 6.10 Å². The van der Waals surface area contributed by atoms with Crippen molar-refractivity contribution in [2.24, 2.45) is 0 Å². The third-order valence-corrected chi connectivity index (χ3v) is 2.95. The number of rotatable bonds is 5. The van der Waals surface area contributed by atoms with Crippen LogP contribution in [0.1, 0.15) is 6.92 Å². The van der Waals surface area contributed by atoms with Gasteiger partial charge in [-0.05, 0) is 24.4 Å². The molecule has 0 fully saturated rings. The predicted octanol–water partition coefficient (Wildman–Crippen LogP) is 1.76. The SMILES string of the molecule is CBc1cccc2c(OC(C)COC)nccc12. The Morgan fingerprint density at radius 2 is 2.11 bits per heavy atom. The molecule has 0 saturated heterocycles. The van der Waals surface area contributed by atoms with E-state index in [2.05, 4.69) is 30.0 Å². The first-order chi connectivity index (χ1) is 8.76.